The van der Waals surface area contributed by atoms with Crippen molar-refractivity contribution in [2.24, 2.45) is 0 Å². The zero-order valence-electron chi connectivity index (χ0n) is 9.07. The van der Waals surface area contributed by atoms with Gasteiger partial charge in [-0.25, -0.2) is 4.98 Å². The molecule has 3 N–H and O–H groups in total. The van der Waals surface area contributed by atoms with E-state index in [1.165, 1.54) is 0 Å². The van der Waals surface area contributed by atoms with Crippen LogP contribution in [0, 0.1) is 0 Å². The molecule has 0 saturated heterocycles. The Morgan fingerprint density at radius 2 is 2.31 bits per heavy atom. The molecule has 0 spiro atoms. The second-order valence-corrected chi connectivity index (χ2v) is 4.29. The van der Waals surface area contributed by atoms with Gasteiger partial charge in [0.2, 0.25) is 5.95 Å². The van der Waals surface area contributed by atoms with Crippen LogP contribution in [-0.2, 0) is 0 Å². The van der Waals surface area contributed by atoms with Gasteiger partial charge in [-0.05, 0) is 19.8 Å². The summed E-state index contributed by atoms with van der Waals surface area (Å²) in [6.07, 6.45) is 2.88. The standard InChI is InChI=1S/C10H15ClN4O/c1-2-12-10-13-5-8(11)9(15-10)14-6-3-7(16)4-6/h5-7,16H,2-4H2,1H3,(H2,12,13,14,15). The molecule has 6 heteroatoms. The molecule has 0 aliphatic heterocycles. The Balaban J connectivity index is 2.03. The quantitative estimate of drug-likeness (QED) is 0.747. The molecule has 5 nitrogen and oxygen atoms in total. The van der Waals surface area contributed by atoms with Gasteiger partial charge >= 0.3 is 0 Å². The van der Waals surface area contributed by atoms with Crippen LogP contribution in [0.2, 0.25) is 5.02 Å². The van der Waals surface area contributed by atoms with Crippen molar-refractivity contribution >= 4 is 23.4 Å². The lowest BCUT2D eigenvalue weighted by Gasteiger charge is -2.32. The van der Waals surface area contributed by atoms with Gasteiger partial charge in [0.1, 0.15) is 5.02 Å². The van der Waals surface area contributed by atoms with Gasteiger partial charge in [0.05, 0.1) is 12.3 Å². The van der Waals surface area contributed by atoms with E-state index in [1.54, 1.807) is 6.20 Å². The molecule has 1 aliphatic carbocycles. The molecule has 1 aliphatic rings. The molecule has 0 amide bonds. The molecule has 1 heterocycles. The number of aliphatic hydroxyl groups excluding tert-OH is 1. The molecule has 0 unspecified atom stereocenters. The fraction of sp³-hybridized carbons (Fsp3) is 0.600. The number of rotatable bonds is 4. The molecule has 0 aromatic carbocycles. The van der Waals surface area contributed by atoms with Gasteiger partial charge in [-0.2, -0.15) is 4.98 Å². The molecular formula is C10H15ClN4O. The molecule has 2 rings (SSSR count). The summed E-state index contributed by atoms with van der Waals surface area (Å²) in [4.78, 5) is 8.31. The van der Waals surface area contributed by atoms with Crippen LogP contribution in [0.1, 0.15) is 19.8 Å². The first-order valence-electron chi connectivity index (χ1n) is 5.40. The molecule has 1 fully saturated rings. The van der Waals surface area contributed by atoms with Crippen LogP contribution in [0.4, 0.5) is 11.8 Å². The summed E-state index contributed by atoms with van der Waals surface area (Å²) in [6, 6.07) is 0.261. The van der Waals surface area contributed by atoms with Gasteiger partial charge in [0.15, 0.2) is 5.82 Å². The van der Waals surface area contributed by atoms with E-state index in [2.05, 4.69) is 20.6 Å². The zero-order valence-corrected chi connectivity index (χ0v) is 9.83. The molecule has 1 saturated carbocycles. The van der Waals surface area contributed by atoms with E-state index < -0.39 is 0 Å². The molecule has 88 valence electrons. The maximum Gasteiger partial charge on any atom is 0.224 e. The van der Waals surface area contributed by atoms with Gasteiger partial charge in [-0.1, -0.05) is 11.6 Å². The summed E-state index contributed by atoms with van der Waals surface area (Å²) in [5.41, 5.74) is 0. The summed E-state index contributed by atoms with van der Waals surface area (Å²) in [7, 11) is 0. The van der Waals surface area contributed by atoms with Gasteiger partial charge in [-0.3, -0.25) is 0 Å². The average Bonchev–Trinajstić information content (AvgIpc) is 2.21. The third-order valence-electron chi connectivity index (χ3n) is 2.53. The number of hydrogen-bond acceptors (Lipinski definition) is 5. The number of hydrogen-bond donors (Lipinski definition) is 3. The summed E-state index contributed by atoms with van der Waals surface area (Å²) in [6.45, 7) is 2.75. The number of nitrogens with zero attached hydrogens (tertiary/aromatic N) is 2. The zero-order chi connectivity index (χ0) is 11.5. The van der Waals surface area contributed by atoms with Crippen molar-refractivity contribution in [2.75, 3.05) is 17.2 Å². The fourth-order valence-electron chi connectivity index (χ4n) is 1.61. The lowest BCUT2D eigenvalue weighted by Crippen LogP contribution is -2.39. The summed E-state index contributed by atoms with van der Waals surface area (Å²) < 4.78 is 0. The minimum atomic E-state index is -0.189. The Hall–Kier alpha value is -1.07. The second kappa shape index (κ2) is 4.84. The van der Waals surface area contributed by atoms with Crippen molar-refractivity contribution in [3.63, 3.8) is 0 Å². The van der Waals surface area contributed by atoms with E-state index >= 15 is 0 Å². The first-order chi connectivity index (χ1) is 7.69. The molecule has 0 bridgehead atoms. The van der Waals surface area contributed by atoms with Crippen LogP contribution in [0.25, 0.3) is 0 Å². The van der Waals surface area contributed by atoms with Gasteiger partial charge < -0.3 is 15.7 Å². The first-order valence-corrected chi connectivity index (χ1v) is 5.78. The number of aromatic nitrogens is 2. The Labute approximate surface area is 99.3 Å². The highest BCUT2D eigenvalue weighted by Crippen LogP contribution is 2.27. The van der Waals surface area contributed by atoms with Crippen LogP contribution in [-0.4, -0.2) is 33.8 Å². The molecule has 16 heavy (non-hydrogen) atoms. The molecule has 1 aromatic rings. The number of anilines is 2. The number of nitrogens with one attached hydrogen (secondary N) is 2. The van der Waals surface area contributed by atoms with E-state index in [1.807, 2.05) is 6.92 Å². The Bertz CT molecular complexity index is 368. The lowest BCUT2D eigenvalue weighted by molar-refractivity contribution is 0.0835. The third-order valence-corrected chi connectivity index (χ3v) is 2.81. The molecule has 1 aromatic heterocycles. The SMILES string of the molecule is CCNc1ncc(Cl)c(NC2CC(O)C2)n1. The monoisotopic (exact) mass is 242 g/mol. The largest absolute Gasteiger partial charge is 0.393 e. The Morgan fingerprint density at radius 3 is 2.94 bits per heavy atom. The normalized spacial score (nSPS) is 23.7. The summed E-state index contributed by atoms with van der Waals surface area (Å²) in [5.74, 6) is 1.19. The highest BCUT2D eigenvalue weighted by molar-refractivity contribution is 6.32. The minimum Gasteiger partial charge on any atom is -0.393 e. The van der Waals surface area contributed by atoms with Crippen LogP contribution in [0.5, 0.6) is 0 Å². The van der Waals surface area contributed by atoms with Gasteiger partial charge in [-0.15, -0.1) is 0 Å². The van der Waals surface area contributed by atoms with Crippen LogP contribution < -0.4 is 10.6 Å². The summed E-state index contributed by atoms with van der Waals surface area (Å²) >= 11 is 5.98. The van der Waals surface area contributed by atoms with Crippen molar-refractivity contribution < 1.29 is 5.11 Å². The fourth-order valence-corrected chi connectivity index (χ4v) is 1.76. The average molecular weight is 243 g/mol. The van der Waals surface area contributed by atoms with E-state index in [-0.39, 0.29) is 12.1 Å². The summed E-state index contributed by atoms with van der Waals surface area (Å²) in [5, 5.41) is 15.9. The number of aliphatic hydroxyl groups is 1. The van der Waals surface area contributed by atoms with Crippen molar-refractivity contribution in [3.05, 3.63) is 11.2 Å². The van der Waals surface area contributed by atoms with Crippen LogP contribution in [0.3, 0.4) is 0 Å². The Kier molecular flexibility index (Phi) is 3.46. The molecular weight excluding hydrogens is 228 g/mol. The van der Waals surface area contributed by atoms with E-state index in [9.17, 15) is 5.11 Å². The van der Waals surface area contributed by atoms with Crippen molar-refractivity contribution in [1.82, 2.24) is 9.97 Å². The first kappa shape index (κ1) is 11.4. The van der Waals surface area contributed by atoms with Crippen molar-refractivity contribution in [1.29, 1.82) is 0 Å². The van der Waals surface area contributed by atoms with E-state index in [0.717, 1.165) is 19.4 Å². The van der Waals surface area contributed by atoms with E-state index in [0.29, 0.717) is 16.8 Å². The highest BCUT2D eigenvalue weighted by Gasteiger charge is 2.27. The van der Waals surface area contributed by atoms with Gasteiger partial charge in [0, 0.05) is 12.6 Å². The van der Waals surface area contributed by atoms with Crippen molar-refractivity contribution in [3.8, 4) is 0 Å². The van der Waals surface area contributed by atoms with E-state index in [4.69, 9.17) is 11.6 Å². The van der Waals surface area contributed by atoms with Crippen molar-refractivity contribution in [2.45, 2.75) is 31.9 Å². The van der Waals surface area contributed by atoms with Crippen LogP contribution >= 0.6 is 11.6 Å². The van der Waals surface area contributed by atoms with Crippen LogP contribution in [0.15, 0.2) is 6.20 Å². The topological polar surface area (TPSA) is 70.1 Å². The van der Waals surface area contributed by atoms with Gasteiger partial charge in [0.25, 0.3) is 0 Å². The number of halogens is 1. The third kappa shape index (κ3) is 2.54. The maximum absolute atomic E-state index is 9.19. The maximum atomic E-state index is 9.19. The second-order valence-electron chi connectivity index (χ2n) is 3.89. The predicted molar refractivity (Wildman–Crippen MR) is 63.9 cm³/mol. The molecule has 0 radical (unpaired) electrons. The smallest absolute Gasteiger partial charge is 0.224 e. The molecule has 0 atom stereocenters. The lowest BCUT2D eigenvalue weighted by atomic mass is 9.89. The Morgan fingerprint density at radius 1 is 1.56 bits per heavy atom. The highest BCUT2D eigenvalue weighted by atomic mass is 35.5. The minimum absolute atomic E-state index is 0.189. The predicted octanol–water partition coefficient (Wildman–Crippen LogP) is 1.50.